The van der Waals surface area contributed by atoms with Crippen LogP contribution < -0.4 is 4.74 Å². The zero-order valence-electron chi connectivity index (χ0n) is 16.2. The molecule has 2 aliphatic rings. The number of β-amino-alcohol motifs (C(OH)–C–C–N with tert-alkyl or cyclic N) is 1. The second kappa shape index (κ2) is 7.89. The smallest absolute Gasteiger partial charge is 0.141 e. The predicted octanol–water partition coefficient (Wildman–Crippen LogP) is 3.55. The van der Waals surface area contributed by atoms with Crippen molar-refractivity contribution in [3.8, 4) is 17.2 Å². The van der Waals surface area contributed by atoms with Crippen molar-refractivity contribution in [2.75, 3.05) is 20.1 Å². The average molecular weight is 397 g/mol. The minimum absolute atomic E-state index is 0.0342. The summed E-state index contributed by atoms with van der Waals surface area (Å²) in [5.74, 6) is 0.225. The van der Waals surface area contributed by atoms with Gasteiger partial charge in [-0.2, -0.15) is 0 Å². The Morgan fingerprint density at radius 2 is 2.00 bits per heavy atom. The van der Waals surface area contributed by atoms with Crippen LogP contribution in [0.2, 0.25) is 0 Å². The van der Waals surface area contributed by atoms with Crippen molar-refractivity contribution in [1.29, 1.82) is 0 Å². The first kappa shape index (κ1) is 19.5. The lowest BCUT2D eigenvalue weighted by Crippen LogP contribution is -2.40. The lowest BCUT2D eigenvalue weighted by Gasteiger charge is -2.35. The molecule has 2 aliphatic heterocycles. The summed E-state index contributed by atoms with van der Waals surface area (Å²) in [6.45, 7) is 1.29. The molecule has 0 amide bonds. The van der Waals surface area contributed by atoms with E-state index in [1.165, 1.54) is 18.2 Å². The lowest BCUT2D eigenvalue weighted by atomic mass is 9.84. The Balaban J connectivity index is 1.66. The summed E-state index contributed by atoms with van der Waals surface area (Å²) in [5, 5.41) is 31.5. The van der Waals surface area contributed by atoms with Gasteiger partial charge in [-0.1, -0.05) is 18.2 Å². The van der Waals surface area contributed by atoms with E-state index in [4.69, 9.17) is 4.74 Å². The monoisotopic (exact) mass is 397 g/mol. The van der Waals surface area contributed by atoms with Crippen LogP contribution in [0.5, 0.6) is 17.2 Å². The second-order valence-corrected chi connectivity index (χ2v) is 7.66. The maximum atomic E-state index is 13.4. The highest BCUT2D eigenvalue weighted by Gasteiger charge is 2.34. The molecule has 29 heavy (non-hydrogen) atoms. The first-order valence-electron chi connectivity index (χ1n) is 9.68. The molecule has 2 unspecified atom stereocenters. The number of aliphatic hydroxyl groups excluding tert-OH is 1. The molecule has 2 heterocycles. The van der Waals surface area contributed by atoms with Gasteiger partial charge in [0.15, 0.2) is 0 Å². The predicted molar refractivity (Wildman–Crippen MR) is 108 cm³/mol. The Bertz CT molecular complexity index is 985. The van der Waals surface area contributed by atoms with E-state index in [1.54, 1.807) is 24.3 Å². The number of piperidine rings is 1. The second-order valence-electron chi connectivity index (χ2n) is 7.66. The Hall–Kier alpha value is -2.83. The fourth-order valence-electron chi connectivity index (χ4n) is 4.04. The number of allylic oxidation sites excluding steroid dienone is 2. The molecule has 1 fully saturated rings. The minimum atomic E-state index is -0.644. The number of likely N-dealkylation sites (N-methyl/N-ethyl adjacent to an activating group) is 1. The fourth-order valence-corrected chi connectivity index (χ4v) is 4.04. The molecular weight excluding hydrogens is 373 g/mol. The molecule has 0 radical (unpaired) electrons. The summed E-state index contributed by atoms with van der Waals surface area (Å²) < 4.78 is 19.4. The molecule has 0 spiro atoms. The van der Waals surface area contributed by atoms with Crippen LogP contribution in [0.4, 0.5) is 4.39 Å². The highest BCUT2D eigenvalue weighted by molar-refractivity contribution is 5.62. The Labute approximate surface area is 169 Å². The number of aliphatic hydroxyl groups is 1. The molecule has 152 valence electrons. The zero-order chi connectivity index (χ0) is 20.5. The van der Waals surface area contributed by atoms with Crippen molar-refractivity contribution in [1.82, 2.24) is 4.90 Å². The van der Waals surface area contributed by atoms with Crippen LogP contribution in [-0.4, -0.2) is 46.5 Å². The van der Waals surface area contributed by atoms with Crippen LogP contribution in [0.25, 0.3) is 6.08 Å². The van der Waals surface area contributed by atoms with Crippen molar-refractivity contribution in [2.45, 2.75) is 24.9 Å². The minimum Gasteiger partial charge on any atom is -0.507 e. The van der Waals surface area contributed by atoms with Gasteiger partial charge in [-0.25, -0.2) is 4.39 Å². The highest BCUT2D eigenvalue weighted by atomic mass is 19.1. The van der Waals surface area contributed by atoms with Gasteiger partial charge in [0, 0.05) is 36.1 Å². The first-order valence-corrected chi connectivity index (χ1v) is 9.68. The van der Waals surface area contributed by atoms with Crippen LogP contribution in [0, 0.1) is 5.82 Å². The van der Waals surface area contributed by atoms with E-state index in [-0.39, 0.29) is 23.2 Å². The number of ether oxygens (including phenoxy) is 1. The topological polar surface area (TPSA) is 73.2 Å². The summed E-state index contributed by atoms with van der Waals surface area (Å²) >= 11 is 0. The van der Waals surface area contributed by atoms with Crippen LogP contribution in [0.15, 0.2) is 48.2 Å². The molecule has 2 aromatic rings. The SMILES string of the molecule is CN1CCC(c2c(O)cc(O)c3c2OC(C=Cc2cccc(F)c2)=CC3)C(O)C1. The summed E-state index contributed by atoms with van der Waals surface area (Å²) in [6, 6.07) is 7.55. The van der Waals surface area contributed by atoms with Crippen LogP contribution >= 0.6 is 0 Å². The third-order valence-corrected chi connectivity index (χ3v) is 5.55. The number of phenols is 2. The normalized spacial score (nSPS) is 22.2. The molecule has 2 atom stereocenters. The van der Waals surface area contributed by atoms with Crippen LogP contribution in [0.3, 0.4) is 0 Å². The zero-order valence-corrected chi connectivity index (χ0v) is 16.2. The number of benzene rings is 2. The Morgan fingerprint density at radius 1 is 1.17 bits per heavy atom. The van der Waals surface area contributed by atoms with Crippen molar-refractivity contribution in [2.24, 2.45) is 0 Å². The van der Waals surface area contributed by atoms with Crippen molar-refractivity contribution < 1.29 is 24.4 Å². The van der Waals surface area contributed by atoms with Crippen molar-refractivity contribution >= 4 is 6.08 Å². The van der Waals surface area contributed by atoms with E-state index >= 15 is 0 Å². The molecular formula is C23H24FNO4. The van der Waals surface area contributed by atoms with Crippen molar-refractivity contribution in [3.63, 3.8) is 0 Å². The summed E-state index contributed by atoms with van der Waals surface area (Å²) in [5.41, 5.74) is 1.82. The standard InChI is InChI=1S/C23H24FNO4/c1-25-10-9-17(21(28)13-25)22-20(27)12-19(26)18-8-7-16(29-23(18)22)6-5-14-3-2-4-15(24)11-14/h2-7,11-12,17,21,26-28H,8-10,13H2,1H3. The number of rotatable bonds is 3. The van der Waals surface area contributed by atoms with Gasteiger partial charge in [0.1, 0.15) is 28.8 Å². The third-order valence-electron chi connectivity index (χ3n) is 5.55. The number of aromatic hydroxyl groups is 2. The van der Waals surface area contributed by atoms with E-state index < -0.39 is 6.10 Å². The number of halogens is 1. The van der Waals surface area contributed by atoms with Gasteiger partial charge in [-0.3, -0.25) is 0 Å². The largest absolute Gasteiger partial charge is 0.507 e. The van der Waals surface area contributed by atoms with Gasteiger partial charge in [-0.05, 0) is 49.9 Å². The first-order chi connectivity index (χ1) is 13.9. The lowest BCUT2D eigenvalue weighted by molar-refractivity contribution is 0.0620. The van der Waals surface area contributed by atoms with E-state index in [0.717, 1.165) is 6.54 Å². The maximum absolute atomic E-state index is 13.4. The maximum Gasteiger partial charge on any atom is 0.141 e. The number of hydrogen-bond acceptors (Lipinski definition) is 5. The summed E-state index contributed by atoms with van der Waals surface area (Å²) in [4.78, 5) is 2.04. The number of phenolic OH excluding ortho intramolecular Hbond substituents is 2. The van der Waals surface area contributed by atoms with E-state index in [2.05, 4.69) is 0 Å². The van der Waals surface area contributed by atoms with Crippen molar-refractivity contribution in [3.05, 3.63) is 70.8 Å². The van der Waals surface area contributed by atoms with E-state index in [0.29, 0.717) is 47.6 Å². The third kappa shape index (κ3) is 3.99. The van der Waals surface area contributed by atoms with Gasteiger partial charge in [0.05, 0.1) is 6.10 Å². The molecule has 0 aromatic heterocycles. The van der Waals surface area contributed by atoms with Gasteiger partial charge in [0.25, 0.3) is 0 Å². The van der Waals surface area contributed by atoms with E-state index in [1.807, 2.05) is 18.0 Å². The number of fused-ring (bicyclic) bond motifs is 1. The van der Waals surface area contributed by atoms with E-state index in [9.17, 15) is 19.7 Å². The Morgan fingerprint density at radius 3 is 2.76 bits per heavy atom. The molecule has 0 bridgehead atoms. The molecule has 2 aromatic carbocycles. The number of nitrogens with zero attached hydrogens (tertiary/aromatic N) is 1. The van der Waals surface area contributed by atoms with Crippen LogP contribution in [-0.2, 0) is 6.42 Å². The molecule has 4 rings (SSSR count). The molecule has 6 heteroatoms. The highest BCUT2D eigenvalue weighted by Crippen LogP contribution is 2.47. The number of likely N-dealkylation sites (tertiary alicyclic amines) is 1. The van der Waals surface area contributed by atoms with Gasteiger partial charge in [0.2, 0.25) is 0 Å². The molecule has 0 saturated carbocycles. The molecule has 1 saturated heterocycles. The van der Waals surface area contributed by atoms with Gasteiger partial charge < -0.3 is 25.0 Å². The van der Waals surface area contributed by atoms with Crippen LogP contribution in [0.1, 0.15) is 29.0 Å². The van der Waals surface area contributed by atoms with Gasteiger partial charge >= 0.3 is 0 Å². The Kier molecular flexibility index (Phi) is 5.30. The number of hydrogen-bond donors (Lipinski definition) is 3. The fraction of sp³-hybridized carbons (Fsp3) is 0.304. The summed E-state index contributed by atoms with van der Waals surface area (Å²) in [7, 11) is 1.94. The average Bonchev–Trinajstić information content (AvgIpc) is 2.68. The molecule has 0 aliphatic carbocycles. The summed E-state index contributed by atoms with van der Waals surface area (Å²) in [6.07, 6.45) is 5.75. The molecule has 5 nitrogen and oxygen atoms in total. The molecule has 3 N–H and O–H groups in total. The quantitative estimate of drug-likeness (QED) is 0.739. The van der Waals surface area contributed by atoms with Gasteiger partial charge in [-0.15, -0.1) is 0 Å².